The lowest BCUT2D eigenvalue weighted by Gasteiger charge is -2.26. The van der Waals surface area contributed by atoms with E-state index in [1.807, 2.05) is 0 Å². The second kappa shape index (κ2) is 15.7. The van der Waals surface area contributed by atoms with E-state index in [2.05, 4.69) is 8.91 Å². The first kappa shape index (κ1) is 33.1. The molecule has 1 fully saturated rings. The van der Waals surface area contributed by atoms with Crippen molar-refractivity contribution in [3.63, 3.8) is 0 Å². The number of likely N-dealkylation sites (N-methyl/N-ethyl adjacent to an activating group) is 1. The first-order chi connectivity index (χ1) is 18.3. The van der Waals surface area contributed by atoms with Gasteiger partial charge in [0.25, 0.3) is 0 Å². The van der Waals surface area contributed by atoms with Crippen molar-refractivity contribution in [3.05, 3.63) is 42.0 Å². The second-order valence-corrected chi connectivity index (χ2v) is 12.2. The van der Waals surface area contributed by atoms with Crippen molar-refractivity contribution in [2.45, 2.75) is 29.0 Å². The molecule has 0 aliphatic carbocycles. The van der Waals surface area contributed by atoms with Gasteiger partial charge in [0.1, 0.15) is 18.3 Å². The Kier molecular flexibility index (Phi) is 13.3. The fourth-order valence-electron chi connectivity index (χ4n) is 3.11. The predicted octanol–water partition coefficient (Wildman–Crippen LogP) is 2.23. The van der Waals surface area contributed by atoms with E-state index in [0.29, 0.717) is 30.6 Å². The van der Waals surface area contributed by atoms with Crippen LogP contribution >= 0.6 is 34.8 Å². The first-order valence-electron chi connectivity index (χ1n) is 11.6. The fraction of sp³-hybridized carbons (Fsp3) is 0.500. The SMILES string of the molecule is COc1ccc(C(=O)OCCCC/C=C/C(NS(=O)(=O)OCC(Cl)(Cl)Cl)B2OC(=O)CN(C)CC(=O)O2)cc1. The molecule has 0 spiro atoms. The molecule has 0 saturated carbocycles. The van der Waals surface area contributed by atoms with Crippen molar-refractivity contribution in [2.75, 3.05) is 40.5 Å². The Bertz CT molecular complexity index is 1100. The highest BCUT2D eigenvalue weighted by Gasteiger charge is 2.41. The van der Waals surface area contributed by atoms with E-state index in [-0.39, 0.29) is 19.7 Å². The Morgan fingerprint density at radius 3 is 2.33 bits per heavy atom. The quantitative estimate of drug-likeness (QED) is 0.113. The molecule has 1 heterocycles. The van der Waals surface area contributed by atoms with E-state index in [1.54, 1.807) is 30.3 Å². The third kappa shape index (κ3) is 13.2. The zero-order chi connectivity index (χ0) is 29.1. The summed E-state index contributed by atoms with van der Waals surface area (Å²) in [5, 5.41) is 0. The molecule has 0 amide bonds. The van der Waals surface area contributed by atoms with Crippen LogP contribution in [-0.4, -0.2) is 88.5 Å². The van der Waals surface area contributed by atoms with Crippen molar-refractivity contribution in [1.29, 1.82) is 0 Å². The Morgan fingerprint density at radius 1 is 1.15 bits per heavy atom. The molecule has 216 valence electrons. The molecule has 1 aliphatic rings. The van der Waals surface area contributed by atoms with Gasteiger partial charge in [-0.15, -0.1) is 0 Å². The molecule has 39 heavy (non-hydrogen) atoms. The number of benzene rings is 1. The molecular formula is C22H28BCl3N2O10S. The Hall–Kier alpha value is -2.07. The average molecular weight is 630 g/mol. The van der Waals surface area contributed by atoms with Gasteiger partial charge in [-0.25, -0.2) is 4.79 Å². The number of methoxy groups -OCH3 is 1. The Balaban J connectivity index is 1.96. The number of halogens is 3. The van der Waals surface area contributed by atoms with Gasteiger partial charge in [0.2, 0.25) is 3.79 Å². The maximum Gasteiger partial charge on any atom is 0.622 e. The largest absolute Gasteiger partial charge is 0.622 e. The second-order valence-electron chi connectivity index (χ2n) is 8.28. The lowest BCUT2D eigenvalue weighted by Crippen LogP contribution is -2.53. The molecule has 1 aromatic carbocycles. The summed E-state index contributed by atoms with van der Waals surface area (Å²) in [5.41, 5.74) is 0.386. The maximum absolute atomic E-state index is 12.4. The van der Waals surface area contributed by atoms with E-state index in [4.69, 9.17) is 53.6 Å². The molecule has 1 aliphatic heterocycles. The van der Waals surface area contributed by atoms with Crippen LogP contribution in [0.1, 0.15) is 29.6 Å². The summed E-state index contributed by atoms with van der Waals surface area (Å²) >= 11 is 16.6. The molecular weight excluding hydrogens is 601 g/mol. The van der Waals surface area contributed by atoms with Gasteiger partial charge in [0, 0.05) is 0 Å². The molecule has 1 aromatic rings. The van der Waals surface area contributed by atoms with Crippen molar-refractivity contribution in [2.24, 2.45) is 0 Å². The summed E-state index contributed by atoms with van der Waals surface area (Å²) in [6.07, 6.45) is 4.42. The molecule has 1 atom stereocenters. The van der Waals surface area contributed by atoms with Crippen LogP contribution in [0.3, 0.4) is 0 Å². The van der Waals surface area contributed by atoms with Gasteiger partial charge in [-0.3, -0.25) is 18.7 Å². The fourth-order valence-corrected chi connectivity index (χ4v) is 4.39. The minimum absolute atomic E-state index is 0.158. The van der Waals surface area contributed by atoms with Gasteiger partial charge in [0.15, 0.2) is 0 Å². The number of hydrogen-bond acceptors (Lipinski definition) is 11. The number of ether oxygens (including phenoxy) is 2. The maximum atomic E-state index is 12.4. The van der Waals surface area contributed by atoms with E-state index < -0.39 is 51.7 Å². The summed E-state index contributed by atoms with van der Waals surface area (Å²) in [7, 11) is -3.12. The van der Waals surface area contributed by atoms with Crippen LogP contribution < -0.4 is 9.46 Å². The summed E-state index contributed by atoms with van der Waals surface area (Å²) < 4.78 is 50.2. The first-order valence-corrected chi connectivity index (χ1v) is 14.1. The molecule has 0 radical (unpaired) electrons. The molecule has 1 unspecified atom stereocenters. The van der Waals surface area contributed by atoms with E-state index >= 15 is 0 Å². The number of unbranched alkanes of at least 4 members (excludes halogenated alkanes) is 2. The number of allylic oxidation sites excluding steroid dienone is 1. The van der Waals surface area contributed by atoms with Crippen LogP contribution in [0.4, 0.5) is 0 Å². The highest BCUT2D eigenvalue weighted by Crippen LogP contribution is 2.26. The van der Waals surface area contributed by atoms with Crippen LogP contribution in [0.25, 0.3) is 0 Å². The Labute approximate surface area is 242 Å². The van der Waals surface area contributed by atoms with Crippen LogP contribution in [0.2, 0.25) is 0 Å². The molecule has 1 saturated heterocycles. The third-order valence-electron chi connectivity index (χ3n) is 4.91. The topological polar surface area (TPSA) is 147 Å². The third-order valence-corrected chi connectivity index (χ3v) is 6.23. The lowest BCUT2D eigenvalue weighted by atomic mass is 9.78. The van der Waals surface area contributed by atoms with Gasteiger partial charge in [0.05, 0.1) is 32.4 Å². The van der Waals surface area contributed by atoms with Crippen LogP contribution in [0, 0.1) is 0 Å². The van der Waals surface area contributed by atoms with Crippen molar-refractivity contribution < 1.29 is 45.8 Å². The molecule has 0 aromatic heterocycles. The summed E-state index contributed by atoms with van der Waals surface area (Å²) in [6, 6.07) is 6.49. The number of nitrogens with zero attached hydrogens (tertiary/aromatic N) is 1. The van der Waals surface area contributed by atoms with Crippen molar-refractivity contribution >= 4 is 70.1 Å². The normalized spacial score (nSPS) is 16.3. The number of esters is 1. The number of carbonyl (C=O) groups excluding carboxylic acids is 3. The van der Waals surface area contributed by atoms with Gasteiger partial charge in [-0.1, -0.05) is 47.0 Å². The number of rotatable bonds is 13. The van der Waals surface area contributed by atoms with Crippen molar-refractivity contribution in [1.82, 2.24) is 9.62 Å². The van der Waals surface area contributed by atoms with Crippen molar-refractivity contribution in [3.8, 4) is 5.75 Å². The summed E-state index contributed by atoms with van der Waals surface area (Å²) in [6.45, 7) is -1.07. The van der Waals surface area contributed by atoms with Gasteiger partial charge in [-0.2, -0.15) is 13.1 Å². The monoisotopic (exact) mass is 628 g/mol. The number of carbonyl (C=O) groups is 3. The van der Waals surface area contributed by atoms with E-state index in [1.165, 1.54) is 25.1 Å². The highest BCUT2D eigenvalue weighted by molar-refractivity contribution is 7.84. The Morgan fingerprint density at radius 2 is 1.77 bits per heavy atom. The summed E-state index contributed by atoms with van der Waals surface area (Å²) in [5.74, 6) is -2.69. The van der Waals surface area contributed by atoms with Gasteiger partial charge >= 0.3 is 35.3 Å². The van der Waals surface area contributed by atoms with Crippen LogP contribution in [-0.2, 0) is 38.1 Å². The smallest absolute Gasteiger partial charge is 0.497 e. The zero-order valence-electron chi connectivity index (χ0n) is 21.1. The van der Waals surface area contributed by atoms with Gasteiger partial charge in [-0.05, 0) is 50.6 Å². The van der Waals surface area contributed by atoms with Gasteiger partial charge < -0.3 is 18.8 Å². The predicted molar refractivity (Wildman–Crippen MR) is 144 cm³/mol. The molecule has 12 nitrogen and oxygen atoms in total. The van der Waals surface area contributed by atoms with E-state index in [9.17, 15) is 22.8 Å². The molecule has 1 N–H and O–H groups in total. The molecule has 2 rings (SSSR count). The lowest BCUT2D eigenvalue weighted by molar-refractivity contribution is -0.145. The number of hydrogen-bond donors (Lipinski definition) is 1. The summed E-state index contributed by atoms with van der Waals surface area (Å²) in [4.78, 5) is 37.8. The van der Waals surface area contributed by atoms with Crippen LogP contribution in [0.5, 0.6) is 5.75 Å². The standard InChI is InChI=1S/C22H28BCl3N2O10S/c1-28-13-19(29)37-23(38-20(30)14-28)18(27-39(32,33)36-15-22(24,25)26)7-5-3-4-6-12-35-21(31)16-8-10-17(34-2)11-9-16/h5,7-11,18,27H,3-4,6,12-15H2,1-2H3/b7-5+. The minimum atomic E-state index is -4.53. The average Bonchev–Trinajstić information content (AvgIpc) is 2.84. The van der Waals surface area contributed by atoms with Crippen LogP contribution in [0.15, 0.2) is 36.4 Å². The number of nitrogens with one attached hydrogen (secondary N) is 1. The number of alkyl halides is 3. The highest BCUT2D eigenvalue weighted by atomic mass is 35.6. The molecule has 0 bridgehead atoms. The zero-order valence-corrected chi connectivity index (χ0v) is 24.2. The minimum Gasteiger partial charge on any atom is -0.497 e. The van der Waals surface area contributed by atoms with E-state index in [0.717, 1.165) is 0 Å². The molecule has 17 heteroatoms.